The Morgan fingerprint density at radius 2 is 0.451 bits per heavy atom. The third-order valence-electron chi connectivity index (χ3n) is 16.4. The number of carbonyl (C=O) groups is 1. The number of rotatable bonds is 64. The molecule has 0 saturated heterocycles. The minimum atomic E-state index is -0.656. The summed E-state index contributed by atoms with van der Waals surface area (Å²) in [5.74, 6) is -0.0197. The molecule has 3 N–H and O–H groups in total. The van der Waals surface area contributed by atoms with Gasteiger partial charge in [-0.3, -0.25) is 4.79 Å². The van der Waals surface area contributed by atoms with E-state index in [9.17, 15) is 15.0 Å². The van der Waals surface area contributed by atoms with Gasteiger partial charge >= 0.3 is 0 Å². The Hall–Kier alpha value is -0.610. The van der Waals surface area contributed by atoms with Crippen LogP contribution in [0.4, 0.5) is 0 Å². The first-order chi connectivity index (χ1) is 35.2. The summed E-state index contributed by atoms with van der Waals surface area (Å²) in [7, 11) is 0. The van der Waals surface area contributed by atoms with Crippen LogP contribution in [0.15, 0.2) is 0 Å². The third kappa shape index (κ3) is 60.1. The van der Waals surface area contributed by atoms with Gasteiger partial charge in [0.2, 0.25) is 5.91 Å². The molecule has 4 heteroatoms. The van der Waals surface area contributed by atoms with E-state index in [0.717, 1.165) is 25.7 Å². The van der Waals surface area contributed by atoms with Crippen molar-refractivity contribution >= 4 is 5.91 Å². The molecule has 0 saturated carbocycles. The van der Waals surface area contributed by atoms with Gasteiger partial charge in [-0.2, -0.15) is 0 Å². The van der Waals surface area contributed by atoms with Crippen LogP contribution in [-0.4, -0.2) is 34.9 Å². The predicted octanol–water partition coefficient (Wildman–Crippen LogP) is 22.7. The van der Waals surface area contributed by atoms with Crippen molar-refractivity contribution in [1.29, 1.82) is 0 Å². The van der Waals surface area contributed by atoms with Gasteiger partial charge in [0, 0.05) is 6.42 Å². The van der Waals surface area contributed by atoms with Crippen LogP contribution in [0, 0.1) is 0 Å². The quantitative estimate of drug-likeness (QED) is 0.0532. The van der Waals surface area contributed by atoms with E-state index in [2.05, 4.69) is 19.2 Å². The predicted molar refractivity (Wildman–Crippen MR) is 318 cm³/mol. The third-order valence-corrected chi connectivity index (χ3v) is 16.4. The van der Waals surface area contributed by atoms with Gasteiger partial charge in [0.1, 0.15) is 0 Å². The van der Waals surface area contributed by atoms with Crippen LogP contribution >= 0.6 is 0 Å². The molecule has 2 unspecified atom stereocenters. The van der Waals surface area contributed by atoms with E-state index in [0.29, 0.717) is 12.8 Å². The molecule has 0 radical (unpaired) electrons. The highest BCUT2D eigenvalue weighted by Gasteiger charge is 2.20. The number of hydrogen-bond acceptors (Lipinski definition) is 3. The van der Waals surface area contributed by atoms with E-state index >= 15 is 0 Å². The number of unbranched alkanes of at least 4 members (excludes halogenated alkanes) is 57. The zero-order valence-electron chi connectivity index (χ0n) is 49.3. The van der Waals surface area contributed by atoms with Gasteiger partial charge in [0.15, 0.2) is 0 Å². The van der Waals surface area contributed by atoms with Gasteiger partial charge in [-0.05, 0) is 12.8 Å². The molecule has 0 aliphatic carbocycles. The molecule has 0 aromatic rings. The average Bonchev–Trinajstić information content (AvgIpc) is 3.37. The summed E-state index contributed by atoms with van der Waals surface area (Å²) in [4.78, 5) is 12.5. The SMILES string of the molecule is CCCCCCCCCCCCCCCCCCCCCCCCCCCCCCCCCCC(O)C(CO)NC(=O)CCCCCCCCCCCCCCCCCCCCCCCCCCCCC. The molecule has 0 aliphatic heterocycles. The maximum Gasteiger partial charge on any atom is 0.220 e. The fourth-order valence-electron chi connectivity index (χ4n) is 11.3. The molecular formula is C67H135NO3. The summed E-state index contributed by atoms with van der Waals surface area (Å²) < 4.78 is 0. The molecule has 0 fully saturated rings. The summed E-state index contributed by atoms with van der Waals surface area (Å²) in [6, 6.07) is -0.533. The molecular weight excluding hydrogens is 867 g/mol. The number of aliphatic hydroxyl groups excluding tert-OH is 2. The van der Waals surface area contributed by atoms with Gasteiger partial charge in [-0.1, -0.05) is 386 Å². The lowest BCUT2D eigenvalue weighted by atomic mass is 10.0. The maximum absolute atomic E-state index is 12.5. The van der Waals surface area contributed by atoms with E-state index in [-0.39, 0.29) is 12.5 Å². The summed E-state index contributed by atoms with van der Waals surface area (Å²) in [6.07, 6.45) is 83.0. The minimum Gasteiger partial charge on any atom is -0.394 e. The van der Waals surface area contributed by atoms with E-state index in [4.69, 9.17) is 0 Å². The average molecular weight is 1000 g/mol. The topological polar surface area (TPSA) is 69.6 Å². The number of hydrogen-bond donors (Lipinski definition) is 3. The molecule has 1 amide bonds. The smallest absolute Gasteiger partial charge is 0.220 e. The molecule has 0 bridgehead atoms. The van der Waals surface area contributed by atoms with Crippen LogP contribution < -0.4 is 5.32 Å². The van der Waals surface area contributed by atoms with Crippen molar-refractivity contribution in [1.82, 2.24) is 5.32 Å². The van der Waals surface area contributed by atoms with Gasteiger partial charge in [0.25, 0.3) is 0 Å². The fraction of sp³-hybridized carbons (Fsp3) is 0.985. The number of amides is 1. The molecule has 2 atom stereocenters. The van der Waals surface area contributed by atoms with Gasteiger partial charge in [0.05, 0.1) is 18.8 Å². The van der Waals surface area contributed by atoms with Gasteiger partial charge < -0.3 is 15.5 Å². The molecule has 0 heterocycles. The molecule has 0 aromatic heterocycles. The molecule has 71 heavy (non-hydrogen) atoms. The van der Waals surface area contributed by atoms with Crippen molar-refractivity contribution in [2.45, 2.75) is 418 Å². The second kappa shape index (κ2) is 63.7. The Kier molecular flexibility index (Phi) is 63.1. The first-order valence-corrected chi connectivity index (χ1v) is 33.7. The zero-order valence-corrected chi connectivity index (χ0v) is 49.3. The highest BCUT2D eigenvalue weighted by atomic mass is 16.3. The molecule has 0 rings (SSSR count). The highest BCUT2D eigenvalue weighted by Crippen LogP contribution is 2.20. The van der Waals surface area contributed by atoms with Crippen LogP contribution in [0.3, 0.4) is 0 Å². The van der Waals surface area contributed by atoms with E-state index < -0.39 is 12.1 Å². The number of aliphatic hydroxyl groups is 2. The molecule has 0 aromatic carbocycles. The Morgan fingerprint density at radius 3 is 0.634 bits per heavy atom. The van der Waals surface area contributed by atoms with Crippen LogP contribution in [0.5, 0.6) is 0 Å². The Labute approximate surface area is 448 Å². The van der Waals surface area contributed by atoms with Crippen molar-refractivity contribution < 1.29 is 15.0 Å². The van der Waals surface area contributed by atoms with Crippen molar-refractivity contribution in [3.8, 4) is 0 Å². The van der Waals surface area contributed by atoms with Crippen LogP contribution in [0.25, 0.3) is 0 Å². The lowest BCUT2D eigenvalue weighted by molar-refractivity contribution is -0.123. The molecule has 0 spiro atoms. The van der Waals surface area contributed by atoms with E-state index in [1.807, 2.05) is 0 Å². The monoisotopic (exact) mass is 1000 g/mol. The van der Waals surface area contributed by atoms with Gasteiger partial charge in [-0.15, -0.1) is 0 Å². The van der Waals surface area contributed by atoms with Crippen LogP contribution in [-0.2, 0) is 4.79 Å². The first kappa shape index (κ1) is 70.4. The van der Waals surface area contributed by atoms with Crippen LogP contribution in [0.1, 0.15) is 406 Å². The molecule has 426 valence electrons. The molecule has 4 nitrogen and oxygen atoms in total. The standard InChI is InChI=1S/C67H135NO3/c1-3-5-7-9-11-13-15-17-19-21-23-25-27-29-31-32-33-34-35-37-38-40-42-44-46-48-50-52-54-56-58-60-62-66(70)65(64-69)68-67(71)63-61-59-57-55-53-51-49-47-45-43-41-39-36-30-28-26-24-22-20-18-16-14-12-10-8-6-4-2/h65-66,69-70H,3-64H2,1-2H3,(H,68,71). The summed E-state index contributed by atoms with van der Waals surface area (Å²) in [5, 5.41) is 23.5. The second-order valence-electron chi connectivity index (χ2n) is 23.6. The summed E-state index contributed by atoms with van der Waals surface area (Å²) in [5.41, 5.74) is 0. The fourth-order valence-corrected chi connectivity index (χ4v) is 11.3. The largest absolute Gasteiger partial charge is 0.394 e. The maximum atomic E-state index is 12.5. The Morgan fingerprint density at radius 1 is 0.282 bits per heavy atom. The van der Waals surface area contributed by atoms with Crippen molar-refractivity contribution in [2.24, 2.45) is 0 Å². The van der Waals surface area contributed by atoms with Gasteiger partial charge in [-0.25, -0.2) is 0 Å². The number of carbonyl (C=O) groups excluding carboxylic acids is 1. The number of nitrogens with one attached hydrogen (secondary N) is 1. The lowest BCUT2D eigenvalue weighted by Crippen LogP contribution is -2.45. The summed E-state index contributed by atoms with van der Waals surface area (Å²) >= 11 is 0. The molecule has 0 aliphatic rings. The van der Waals surface area contributed by atoms with E-state index in [1.54, 1.807) is 0 Å². The lowest BCUT2D eigenvalue weighted by Gasteiger charge is -2.22. The Bertz CT molecular complexity index is 956. The van der Waals surface area contributed by atoms with Crippen molar-refractivity contribution in [3.63, 3.8) is 0 Å². The highest BCUT2D eigenvalue weighted by molar-refractivity contribution is 5.76. The Balaban J connectivity index is 3.36. The summed E-state index contributed by atoms with van der Waals surface area (Å²) in [6.45, 7) is 4.42. The van der Waals surface area contributed by atoms with Crippen molar-refractivity contribution in [2.75, 3.05) is 6.61 Å². The second-order valence-corrected chi connectivity index (χ2v) is 23.6. The normalized spacial score (nSPS) is 12.6. The minimum absolute atomic E-state index is 0.0197. The first-order valence-electron chi connectivity index (χ1n) is 33.7. The van der Waals surface area contributed by atoms with E-state index in [1.165, 1.54) is 353 Å². The van der Waals surface area contributed by atoms with Crippen LogP contribution in [0.2, 0.25) is 0 Å². The zero-order chi connectivity index (χ0) is 51.3. The van der Waals surface area contributed by atoms with Crippen molar-refractivity contribution in [3.05, 3.63) is 0 Å².